The lowest BCUT2D eigenvalue weighted by Gasteiger charge is -2.22. The Hall–Kier alpha value is 0. The van der Waals surface area contributed by atoms with Crippen LogP contribution in [0.1, 0.15) is 85.5 Å². The van der Waals surface area contributed by atoms with Gasteiger partial charge >= 0.3 is 0 Å². The zero-order valence-corrected chi connectivity index (χ0v) is 10.9. The molecule has 0 nitrogen and oxygen atoms in total. The fraction of sp³-hybridized carbons (Fsp3) is 1.00. The monoisotopic (exact) mass is 198 g/mol. The Morgan fingerprint density at radius 2 is 1.21 bits per heavy atom. The molecule has 0 aromatic carbocycles. The van der Waals surface area contributed by atoms with Crippen molar-refractivity contribution in [2.45, 2.75) is 85.5 Å². The minimum atomic E-state index is 0.587. The maximum absolute atomic E-state index is 2.39. The van der Waals surface area contributed by atoms with Gasteiger partial charge < -0.3 is 0 Å². The van der Waals surface area contributed by atoms with Gasteiger partial charge in [-0.25, -0.2) is 0 Å². The lowest BCUT2D eigenvalue weighted by atomic mass is 9.84. The molecule has 14 heavy (non-hydrogen) atoms. The van der Waals surface area contributed by atoms with Crippen molar-refractivity contribution in [1.82, 2.24) is 0 Å². The average Bonchev–Trinajstić information content (AvgIpc) is 2.16. The summed E-state index contributed by atoms with van der Waals surface area (Å²) in [6.45, 7) is 9.37. The van der Waals surface area contributed by atoms with Crippen LogP contribution in [0.25, 0.3) is 0 Å². The third kappa shape index (κ3) is 8.59. The molecule has 0 aliphatic rings. The van der Waals surface area contributed by atoms with Gasteiger partial charge in [-0.1, -0.05) is 79.1 Å². The summed E-state index contributed by atoms with van der Waals surface area (Å²) >= 11 is 0. The molecule has 0 heteroatoms. The van der Waals surface area contributed by atoms with Crippen molar-refractivity contribution in [3.63, 3.8) is 0 Å². The highest BCUT2D eigenvalue weighted by Crippen LogP contribution is 2.27. The molecule has 0 rings (SSSR count). The molecule has 0 unspecified atom stereocenters. The number of unbranched alkanes of at least 4 members (excludes halogenated alkanes) is 6. The van der Waals surface area contributed by atoms with Crippen LogP contribution in [0.15, 0.2) is 0 Å². The molecule has 0 aliphatic carbocycles. The van der Waals surface area contributed by atoms with Crippen LogP contribution in [-0.2, 0) is 0 Å². The van der Waals surface area contributed by atoms with Crippen molar-refractivity contribution in [3.05, 3.63) is 0 Å². The molecule has 0 atom stereocenters. The standard InChI is InChI=1S/C14H30/c1-5-7-8-9-10-11-12-13-14(3,4)6-2/h5-13H2,1-4H3. The van der Waals surface area contributed by atoms with E-state index < -0.39 is 0 Å². The molecule has 0 spiro atoms. The minimum Gasteiger partial charge on any atom is -0.0654 e. The predicted molar refractivity (Wildman–Crippen MR) is 66.7 cm³/mol. The van der Waals surface area contributed by atoms with Crippen LogP contribution in [0.5, 0.6) is 0 Å². The van der Waals surface area contributed by atoms with Crippen LogP contribution in [-0.4, -0.2) is 0 Å². The molecule has 0 aromatic rings. The third-order valence-corrected chi connectivity index (χ3v) is 3.41. The molecule has 0 saturated heterocycles. The molecule has 0 aromatic heterocycles. The van der Waals surface area contributed by atoms with Gasteiger partial charge in [0.15, 0.2) is 0 Å². The normalized spacial score (nSPS) is 12.0. The molecule has 0 aliphatic heterocycles. The van der Waals surface area contributed by atoms with Crippen molar-refractivity contribution in [2.75, 3.05) is 0 Å². The van der Waals surface area contributed by atoms with Gasteiger partial charge in [-0.15, -0.1) is 0 Å². The Balaban J connectivity index is 3.13. The molecular formula is C14H30. The van der Waals surface area contributed by atoms with Gasteiger partial charge in [0, 0.05) is 0 Å². The number of hydrogen-bond donors (Lipinski definition) is 0. The predicted octanol–water partition coefficient (Wildman–Crippen LogP) is 5.56. The fourth-order valence-corrected chi connectivity index (χ4v) is 1.74. The molecule has 0 bridgehead atoms. The van der Waals surface area contributed by atoms with Crippen molar-refractivity contribution in [2.24, 2.45) is 5.41 Å². The van der Waals surface area contributed by atoms with Crippen LogP contribution in [0.4, 0.5) is 0 Å². The van der Waals surface area contributed by atoms with Crippen molar-refractivity contribution >= 4 is 0 Å². The number of rotatable bonds is 9. The molecule has 86 valence electrons. The Morgan fingerprint density at radius 1 is 0.714 bits per heavy atom. The van der Waals surface area contributed by atoms with Crippen LogP contribution in [0, 0.1) is 5.41 Å². The first-order valence-corrected chi connectivity index (χ1v) is 6.62. The molecular weight excluding hydrogens is 168 g/mol. The van der Waals surface area contributed by atoms with Gasteiger partial charge in [0.25, 0.3) is 0 Å². The topological polar surface area (TPSA) is 0 Å². The van der Waals surface area contributed by atoms with E-state index in [0.29, 0.717) is 5.41 Å². The van der Waals surface area contributed by atoms with Crippen molar-refractivity contribution in [3.8, 4) is 0 Å². The van der Waals surface area contributed by atoms with Crippen LogP contribution < -0.4 is 0 Å². The Labute approximate surface area is 91.5 Å². The highest BCUT2D eigenvalue weighted by molar-refractivity contribution is 4.65. The minimum absolute atomic E-state index is 0.587. The summed E-state index contributed by atoms with van der Waals surface area (Å²) in [4.78, 5) is 0. The van der Waals surface area contributed by atoms with Crippen molar-refractivity contribution < 1.29 is 0 Å². The summed E-state index contributed by atoms with van der Waals surface area (Å²) in [6, 6.07) is 0. The van der Waals surface area contributed by atoms with E-state index in [1.807, 2.05) is 0 Å². The van der Waals surface area contributed by atoms with E-state index in [4.69, 9.17) is 0 Å². The summed E-state index contributed by atoms with van der Waals surface area (Å²) < 4.78 is 0. The van der Waals surface area contributed by atoms with E-state index >= 15 is 0 Å². The van der Waals surface area contributed by atoms with Gasteiger partial charge in [-0.2, -0.15) is 0 Å². The maximum Gasteiger partial charge on any atom is -0.0357 e. The third-order valence-electron chi connectivity index (χ3n) is 3.41. The number of hydrogen-bond acceptors (Lipinski definition) is 0. The van der Waals surface area contributed by atoms with Gasteiger partial charge in [0.2, 0.25) is 0 Å². The SMILES string of the molecule is CCCCCCCCCC(C)(C)CC. The Bertz CT molecular complexity index is 113. The fourth-order valence-electron chi connectivity index (χ4n) is 1.74. The highest BCUT2D eigenvalue weighted by Gasteiger charge is 2.13. The van der Waals surface area contributed by atoms with Gasteiger partial charge in [-0.05, 0) is 11.8 Å². The van der Waals surface area contributed by atoms with E-state index in [2.05, 4.69) is 27.7 Å². The quantitative estimate of drug-likeness (QED) is 0.425. The summed E-state index contributed by atoms with van der Waals surface area (Å²) in [5.41, 5.74) is 0.587. The molecule has 0 fully saturated rings. The van der Waals surface area contributed by atoms with E-state index in [0.717, 1.165) is 0 Å². The average molecular weight is 198 g/mol. The second kappa shape index (κ2) is 8.32. The summed E-state index contributed by atoms with van der Waals surface area (Å²) in [6.07, 6.45) is 12.8. The zero-order valence-electron chi connectivity index (χ0n) is 10.9. The summed E-state index contributed by atoms with van der Waals surface area (Å²) in [5, 5.41) is 0. The summed E-state index contributed by atoms with van der Waals surface area (Å²) in [5.74, 6) is 0. The highest BCUT2D eigenvalue weighted by atomic mass is 14.2. The molecule has 0 saturated carbocycles. The van der Waals surface area contributed by atoms with Gasteiger partial charge in [0.05, 0.1) is 0 Å². The van der Waals surface area contributed by atoms with E-state index in [9.17, 15) is 0 Å². The van der Waals surface area contributed by atoms with E-state index in [1.54, 1.807) is 0 Å². The van der Waals surface area contributed by atoms with Crippen LogP contribution >= 0.6 is 0 Å². The molecule has 0 heterocycles. The Morgan fingerprint density at radius 3 is 1.71 bits per heavy atom. The molecule has 0 radical (unpaired) electrons. The Kier molecular flexibility index (Phi) is 8.32. The molecule has 0 N–H and O–H groups in total. The van der Waals surface area contributed by atoms with Crippen LogP contribution in [0.2, 0.25) is 0 Å². The van der Waals surface area contributed by atoms with E-state index in [-0.39, 0.29) is 0 Å². The van der Waals surface area contributed by atoms with Gasteiger partial charge in [0.1, 0.15) is 0 Å². The van der Waals surface area contributed by atoms with E-state index in [1.165, 1.54) is 57.8 Å². The maximum atomic E-state index is 2.39. The lowest BCUT2D eigenvalue weighted by molar-refractivity contribution is 0.307. The first-order valence-electron chi connectivity index (χ1n) is 6.62. The lowest BCUT2D eigenvalue weighted by Crippen LogP contribution is -2.08. The largest absolute Gasteiger partial charge is 0.0654 e. The summed E-state index contributed by atoms with van der Waals surface area (Å²) in [7, 11) is 0. The second-order valence-corrected chi connectivity index (χ2v) is 5.39. The van der Waals surface area contributed by atoms with Gasteiger partial charge in [-0.3, -0.25) is 0 Å². The first-order chi connectivity index (χ1) is 6.62. The van der Waals surface area contributed by atoms with Crippen molar-refractivity contribution in [1.29, 1.82) is 0 Å². The van der Waals surface area contributed by atoms with Crippen LogP contribution in [0.3, 0.4) is 0 Å². The molecule has 0 amide bonds. The first kappa shape index (κ1) is 14.0. The smallest absolute Gasteiger partial charge is 0.0357 e. The second-order valence-electron chi connectivity index (χ2n) is 5.39. The zero-order chi connectivity index (χ0) is 10.9.